The van der Waals surface area contributed by atoms with Crippen molar-refractivity contribution in [1.29, 1.82) is 5.26 Å². The number of nitrogens with one attached hydrogen (secondary N) is 1. The number of hydrogen-bond donors (Lipinski definition) is 1. The average Bonchev–Trinajstić information content (AvgIpc) is 3.03. The molecule has 0 radical (unpaired) electrons. The summed E-state index contributed by atoms with van der Waals surface area (Å²) in [5, 5.41) is 16.9. The lowest BCUT2D eigenvalue weighted by molar-refractivity contribution is 0.00717. The smallest absolute Gasteiger partial charge is 0.229 e. The van der Waals surface area contributed by atoms with E-state index in [9.17, 15) is 5.26 Å². The van der Waals surface area contributed by atoms with Crippen LogP contribution in [0.5, 0.6) is 0 Å². The molecule has 0 amide bonds. The van der Waals surface area contributed by atoms with E-state index in [1.807, 2.05) is 26.4 Å². The number of aryl methyl sites for hydroxylation is 2. The third-order valence-corrected chi connectivity index (χ3v) is 6.12. The van der Waals surface area contributed by atoms with Gasteiger partial charge >= 0.3 is 0 Å². The Kier molecular flexibility index (Phi) is 5.17. The second-order valence-electron chi connectivity index (χ2n) is 8.99. The summed E-state index contributed by atoms with van der Waals surface area (Å²) in [7, 11) is 1.88. The Hall–Kier alpha value is -2.66. The summed E-state index contributed by atoms with van der Waals surface area (Å²) < 4.78 is 1.74. The van der Waals surface area contributed by atoms with E-state index in [1.54, 1.807) is 10.9 Å². The van der Waals surface area contributed by atoms with E-state index in [4.69, 9.17) is 4.98 Å². The Morgan fingerprint density at radius 3 is 2.59 bits per heavy atom. The van der Waals surface area contributed by atoms with Crippen molar-refractivity contribution in [2.45, 2.75) is 39.2 Å². The van der Waals surface area contributed by atoms with Gasteiger partial charge in [-0.25, -0.2) is 4.98 Å². The summed E-state index contributed by atoms with van der Waals surface area (Å²) in [6.45, 7) is 10.5. The van der Waals surface area contributed by atoms with Crippen LogP contribution in [0, 0.1) is 30.1 Å². The fraction of sp³-hybridized carbons (Fsp3) is 0.619. The Balaban J connectivity index is 1.51. The SMILES string of the molecule is Cc1cnc(Nc2cnn(C)c2)nc1N1CC(CC#N)(N2CC(C)CC(C)C2)C1. The van der Waals surface area contributed by atoms with Crippen LogP contribution in [0.1, 0.15) is 32.3 Å². The molecule has 154 valence electrons. The molecule has 0 saturated carbocycles. The summed E-state index contributed by atoms with van der Waals surface area (Å²) in [6.07, 6.45) is 7.34. The van der Waals surface area contributed by atoms with Crippen molar-refractivity contribution in [2.24, 2.45) is 18.9 Å². The molecule has 2 aliphatic heterocycles. The van der Waals surface area contributed by atoms with Crippen molar-refractivity contribution >= 4 is 17.5 Å². The van der Waals surface area contributed by atoms with Crippen molar-refractivity contribution in [3.05, 3.63) is 24.2 Å². The first-order valence-electron chi connectivity index (χ1n) is 10.3. The molecule has 0 aromatic carbocycles. The molecule has 4 heterocycles. The first-order valence-corrected chi connectivity index (χ1v) is 10.3. The topological polar surface area (TPSA) is 85.9 Å². The van der Waals surface area contributed by atoms with Gasteiger partial charge in [-0.3, -0.25) is 9.58 Å². The number of aromatic nitrogens is 4. The first-order chi connectivity index (χ1) is 13.9. The van der Waals surface area contributed by atoms with E-state index in [1.165, 1.54) is 6.42 Å². The number of nitriles is 1. The lowest BCUT2D eigenvalue weighted by Crippen LogP contribution is -2.72. The van der Waals surface area contributed by atoms with Gasteiger partial charge in [0.25, 0.3) is 0 Å². The second-order valence-corrected chi connectivity index (χ2v) is 8.99. The average molecular weight is 395 g/mol. The Morgan fingerprint density at radius 1 is 1.24 bits per heavy atom. The summed E-state index contributed by atoms with van der Waals surface area (Å²) >= 11 is 0. The molecule has 4 rings (SSSR count). The highest BCUT2D eigenvalue weighted by molar-refractivity contribution is 5.57. The van der Waals surface area contributed by atoms with Crippen LogP contribution in [0.3, 0.4) is 0 Å². The van der Waals surface area contributed by atoms with E-state index < -0.39 is 0 Å². The molecule has 29 heavy (non-hydrogen) atoms. The van der Waals surface area contributed by atoms with Gasteiger partial charge in [-0.05, 0) is 25.2 Å². The molecule has 2 aliphatic rings. The van der Waals surface area contributed by atoms with Gasteiger partial charge in [0.2, 0.25) is 5.95 Å². The molecule has 2 saturated heterocycles. The highest BCUT2D eigenvalue weighted by atomic mass is 15.4. The summed E-state index contributed by atoms with van der Waals surface area (Å²) in [6, 6.07) is 2.45. The van der Waals surface area contributed by atoms with Crippen LogP contribution in [-0.4, -0.2) is 56.4 Å². The Labute approximate surface area is 172 Å². The molecule has 2 fully saturated rings. The van der Waals surface area contributed by atoms with Crippen molar-refractivity contribution in [2.75, 3.05) is 36.4 Å². The van der Waals surface area contributed by atoms with Crippen LogP contribution in [-0.2, 0) is 7.05 Å². The van der Waals surface area contributed by atoms with Gasteiger partial charge in [0.15, 0.2) is 0 Å². The molecule has 0 spiro atoms. The maximum absolute atomic E-state index is 9.51. The zero-order valence-electron chi connectivity index (χ0n) is 17.8. The van der Waals surface area contributed by atoms with E-state index in [0.717, 1.165) is 43.2 Å². The Morgan fingerprint density at radius 2 is 1.97 bits per heavy atom. The van der Waals surface area contributed by atoms with E-state index in [2.05, 4.69) is 45.1 Å². The zero-order chi connectivity index (χ0) is 20.6. The quantitative estimate of drug-likeness (QED) is 0.834. The summed E-state index contributed by atoms with van der Waals surface area (Å²) in [5.41, 5.74) is 1.85. The fourth-order valence-corrected chi connectivity index (χ4v) is 4.86. The fourth-order valence-electron chi connectivity index (χ4n) is 4.86. The maximum Gasteiger partial charge on any atom is 0.229 e. The predicted molar refractivity (Wildman–Crippen MR) is 113 cm³/mol. The molecule has 8 nitrogen and oxygen atoms in total. The number of anilines is 3. The first kappa shape index (κ1) is 19.6. The minimum atomic E-state index is -0.0635. The number of likely N-dealkylation sites (tertiary alicyclic amines) is 1. The number of piperidine rings is 1. The summed E-state index contributed by atoms with van der Waals surface area (Å²) in [4.78, 5) is 14.0. The molecule has 2 aromatic heterocycles. The van der Waals surface area contributed by atoms with Gasteiger partial charge in [-0.2, -0.15) is 15.3 Å². The predicted octanol–water partition coefficient (Wildman–Crippen LogP) is 2.71. The van der Waals surface area contributed by atoms with Crippen molar-refractivity contribution in [3.63, 3.8) is 0 Å². The Bertz CT molecular complexity index is 898. The molecule has 0 bridgehead atoms. The normalized spacial score (nSPS) is 24.0. The number of nitrogens with zero attached hydrogens (tertiary/aromatic N) is 7. The maximum atomic E-state index is 9.51. The van der Waals surface area contributed by atoms with Crippen molar-refractivity contribution < 1.29 is 0 Å². The molecular formula is C21H30N8. The van der Waals surface area contributed by atoms with Crippen LogP contribution < -0.4 is 10.2 Å². The monoisotopic (exact) mass is 394 g/mol. The van der Waals surface area contributed by atoms with Crippen LogP contribution in [0.25, 0.3) is 0 Å². The molecule has 0 aliphatic carbocycles. The number of rotatable bonds is 5. The minimum absolute atomic E-state index is 0.0635. The zero-order valence-corrected chi connectivity index (χ0v) is 17.8. The number of hydrogen-bond acceptors (Lipinski definition) is 7. The standard InChI is InChI=1S/C21H30N8/c1-15-7-16(2)11-29(10-15)21(5-6-22)13-28(14-21)19-17(3)8-23-20(26-19)25-18-9-24-27(4)12-18/h8-9,12,15-16H,5,7,10-11,13-14H2,1-4H3,(H,23,25,26). The third kappa shape index (κ3) is 3.92. The second kappa shape index (κ2) is 7.64. The van der Waals surface area contributed by atoms with Crippen LogP contribution in [0.4, 0.5) is 17.5 Å². The summed E-state index contributed by atoms with van der Waals surface area (Å²) in [5.74, 6) is 2.87. The van der Waals surface area contributed by atoms with E-state index in [-0.39, 0.29) is 5.54 Å². The van der Waals surface area contributed by atoms with Crippen molar-refractivity contribution in [1.82, 2.24) is 24.6 Å². The third-order valence-electron chi connectivity index (χ3n) is 6.12. The van der Waals surface area contributed by atoms with Crippen LogP contribution >= 0.6 is 0 Å². The van der Waals surface area contributed by atoms with E-state index in [0.29, 0.717) is 24.2 Å². The largest absolute Gasteiger partial charge is 0.352 e. The minimum Gasteiger partial charge on any atom is -0.352 e. The van der Waals surface area contributed by atoms with E-state index >= 15 is 0 Å². The van der Waals surface area contributed by atoms with Crippen LogP contribution in [0.2, 0.25) is 0 Å². The molecule has 2 atom stereocenters. The van der Waals surface area contributed by atoms with Gasteiger partial charge in [0, 0.05) is 51.2 Å². The van der Waals surface area contributed by atoms with Crippen molar-refractivity contribution in [3.8, 4) is 6.07 Å². The van der Waals surface area contributed by atoms with Gasteiger partial charge in [-0.1, -0.05) is 13.8 Å². The molecule has 8 heteroatoms. The van der Waals surface area contributed by atoms with Gasteiger partial charge in [-0.15, -0.1) is 0 Å². The highest BCUT2D eigenvalue weighted by Gasteiger charge is 2.49. The van der Waals surface area contributed by atoms with Gasteiger partial charge < -0.3 is 10.2 Å². The molecule has 2 aromatic rings. The highest BCUT2D eigenvalue weighted by Crippen LogP contribution is 2.38. The van der Waals surface area contributed by atoms with Crippen LogP contribution in [0.15, 0.2) is 18.6 Å². The lowest BCUT2D eigenvalue weighted by atomic mass is 9.80. The lowest BCUT2D eigenvalue weighted by Gasteiger charge is -2.58. The molecule has 2 unspecified atom stereocenters. The van der Waals surface area contributed by atoms with Gasteiger partial charge in [0.05, 0.1) is 29.9 Å². The molecular weight excluding hydrogens is 364 g/mol. The van der Waals surface area contributed by atoms with Gasteiger partial charge in [0.1, 0.15) is 5.82 Å². The molecule has 1 N–H and O–H groups in total.